The monoisotopic (exact) mass is 282 g/mol. The lowest BCUT2D eigenvalue weighted by Crippen LogP contribution is -2.08. The number of halogens is 2. The van der Waals surface area contributed by atoms with Gasteiger partial charge < -0.3 is 9.36 Å². The van der Waals surface area contributed by atoms with Gasteiger partial charge in [0.15, 0.2) is 0 Å². The van der Waals surface area contributed by atoms with Crippen LogP contribution in [0.2, 0.25) is 10.0 Å². The summed E-state index contributed by atoms with van der Waals surface area (Å²) in [7, 11) is 0. The van der Waals surface area contributed by atoms with Crippen LogP contribution in [-0.4, -0.2) is 15.8 Å². The fraction of sp³-hybridized carbons (Fsp3) is 0.231. The van der Waals surface area contributed by atoms with Crippen molar-refractivity contribution in [2.24, 2.45) is 0 Å². The molecule has 1 aromatic carbocycles. The summed E-state index contributed by atoms with van der Waals surface area (Å²) in [6.07, 6.45) is 6.68. The molecule has 1 heterocycles. The molecule has 0 saturated carbocycles. The number of carbonyl (C=O) groups is 1. The van der Waals surface area contributed by atoms with E-state index in [4.69, 9.17) is 23.2 Å². The van der Waals surface area contributed by atoms with E-state index < -0.39 is 0 Å². The summed E-state index contributed by atoms with van der Waals surface area (Å²) >= 11 is 11.9. The average Bonchev–Trinajstić information content (AvgIpc) is 2.85. The van der Waals surface area contributed by atoms with E-state index in [1.165, 1.54) is 0 Å². The number of rotatable bonds is 5. The van der Waals surface area contributed by atoms with Crippen molar-refractivity contribution >= 4 is 29.5 Å². The van der Waals surface area contributed by atoms with Crippen molar-refractivity contribution in [3.63, 3.8) is 0 Å². The van der Waals surface area contributed by atoms with E-state index in [-0.39, 0.29) is 5.92 Å². The third-order valence-electron chi connectivity index (χ3n) is 2.79. The molecule has 0 bridgehead atoms. The van der Waals surface area contributed by atoms with Crippen molar-refractivity contribution in [3.8, 4) is 0 Å². The summed E-state index contributed by atoms with van der Waals surface area (Å²) in [6.45, 7) is 0.691. The van der Waals surface area contributed by atoms with Crippen molar-refractivity contribution < 1.29 is 4.79 Å². The van der Waals surface area contributed by atoms with Crippen LogP contribution in [0.25, 0.3) is 0 Å². The topological polar surface area (TPSA) is 34.9 Å². The molecule has 0 radical (unpaired) electrons. The summed E-state index contributed by atoms with van der Waals surface area (Å²) in [5, 5.41) is 1.03. The molecule has 0 fully saturated rings. The minimum atomic E-state index is 0.0754. The number of hydrogen-bond acceptors (Lipinski definition) is 2. The fourth-order valence-corrected chi connectivity index (χ4v) is 2.15. The van der Waals surface area contributed by atoms with Gasteiger partial charge in [0.25, 0.3) is 0 Å². The second-order valence-corrected chi connectivity index (χ2v) is 4.85. The quantitative estimate of drug-likeness (QED) is 0.786. The maximum Gasteiger partial charge on any atom is 0.120 e. The number of nitrogens with zero attached hydrogens (tertiary/aromatic N) is 2. The van der Waals surface area contributed by atoms with E-state index >= 15 is 0 Å². The molecule has 2 aromatic rings. The Morgan fingerprint density at radius 2 is 2.17 bits per heavy atom. The van der Waals surface area contributed by atoms with E-state index in [9.17, 15) is 4.79 Å². The largest absolute Gasteiger partial charge is 0.337 e. The number of hydrogen-bond donors (Lipinski definition) is 0. The van der Waals surface area contributed by atoms with Crippen LogP contribution in [0.4, 0.5) is 0 Å². The van der Waals surface area contributed by atoms with E-state index in [1.54, 1.807) is 18.6 Å². The van der Waals surface area contributed by atoms with Gasteiger partial charge in [-0.2, -0.15) is 0 Å². The Bertz CT molecular complexity index is 526. The molecule has 0 N–H and O–H groups in total. The molecule has 2 rings (SSSR count). The molecule has 3 nitrogen and oxygen atoms in total. The first-order valence-electron chi connectivity index (χ1n) is 5.55. The molecular formula is C13H12Cl2N2O. The van der Waals surface area contributed by atoms with Crippen molar-refractivity contribution in [3.05, 3.63) is 52.5 Å². The Morgan fingerprint density at radius 3 is 2.78 bits per heavy atom. The summed E-state index contributed by atoms with van der Waals surface area (Å²) in [5.74, 6) is 0.0754. The zero-order chi connectivity index (χ0) is 13.0. The first-order valence-corrected chi connectivity index (χ1v) is 6.30. The molecule has 1 atom stereocenters. The first-order chi connectivity index (χ1) is 8.70. The standard InChI is InChI=1S/C13H12Cl2N2O/c14-12-2-1-10(7-13(12)15)11(3-6-18)8-17-5-4-16-9-17/h1-2,4-7,9,11H,3,8H2/t11-/m1/s1. The van der Waals surface area contributed by atoms with Crippen LogP contribution in [0.15, 0.2) is 36.9 Å². The smallest absolute Gasteiger partial charge is 0.120 e. The second kappa shape index (κ2) is 6.03. The minimum Gasteiger partial charge on any atom is -0.337 e. The third-order valence-corrected chi connectivity index (χ3v) is 3.53. The normalized spacial score (nSPS) is 12.3. The van der Waals surface area contributed by atoms with Crippen LogP contribution < -0.4 is 0 Å². The predicted molar refractivity (Wildman–Crippen MR) is 72.1 cm³/mol. The summed E-state index contributed by atoms with van der Waals surface area (Å²) in [4.78, 5) is 14.8. The molecule has 0 aliphatic rings. The van der Waals surface area contributed by atoms with Gasteiger partial charge >= 0.3 is 0 Å². The lowest BCUT2D eigenvalue weighted by Gasteiger charge is -2.16. The Kier molecular flexibility index (Phi) is 4.39. The highest BCUT2D eigenvalue weighted by atomic mass is 35.5. The minimum absolute atomic E-state index is 0.0754. The van der Waals surface area contributed by atoms with Gasteiger partial charge in [0, 0.05) is 31.3 Å². The zero-order valence-electron chi connectivity index (χ0n) is 9.59. The lowest BCUT2D eigenvalue weighted by molar-refractivity contribution is -0.108. The number of benzene rings is 1. The van der Waals surface area contributed by atoms with Crippen molar-refractivity contribution in [2.45, 2.75) is 18.9 Å². The van der Waals surface area contributed by atoms with Crippen molar-refractivity contribution in [2.75, 3.05) is 0 Å². The molecule has 0 aliphatic heterocycles. The highest BCUT2D eigenvalue weighted by molar-refractivity contribution is 6.42. The molecule has 0 amide bonds. The molecule has 0 saturated heterocycles. The molecule has 94 valence electrons. The fourth-order valence-electron chi connectivity index (χ4n) is 1.85. The number of carbonyl (C=O) groups excluding carboxylic acids is 1. The van der Waals surface area contributed by atoms with Crippen molar-refractivity contribution in [1.29, 1.82) is 0 Å². The maximum absolute atomic E-state index is 10.8. The molecule has 18 heavy (non-hydrogen) atoms. The van der Waals surface area contributed by atoms with Crippen molar-refractivity contribution in [1.82, 2.24) is 9.55 Å². The van der Waals surface area contributed by atoms with Crippen LogP contribution in [0.5, 0.6) is 0 Å². The van der Waals surface area contributed by atoms with Gasteiger partial charge in [0.05, 0.1) is 16.4 Å². The first kappa shape index (κ1) is 13.1. The molecule has 0 spiro atoms. The van der Waals surface area contributed by atoms with Crippen LogP contribution >= 0.6 is 23.2 Å². The summed E-state index contributed by atoms with van der Waals surface area (Å²) in [5.41, 5.74) is 1.00. The van der Waals surface area contributed by atoms with Gasteiger partial charge in [-0.3, -0.25) is 0 Å². The Hall–Kier alpha value is -1.32. The Labute approximate surface area is 115 Å². The predicted octanol–water partition coefficient (Wildman–Crippen LogP) is 3.56. The van der Waals surface area contributed by atoms with Gasteiger partial charge in [0.1, 0.15) is 6.29 Å². The van der Waals surface area contributed by atoms with E-state index in [2.05, 4.69) is 4.98 Å². The number of aldehydes is 1. The molecular weight excluding hydrogens is 271 g/mol. The SMILES string of the molecule is O=CC[C@H](Cn1ccnc1)c1ccc(Cl)c(Cl)c1. The van der Waals surface area contributed by atoms with E-state index in [1.807, 2.05) is 22.9 Å². The second-order valence-electron chi connectivity index (χ2n) is 4.03. The van der Waals surface area contributed by atoms with Gasteiger partial charge in [-0.1, -0.05) is 29.3 Å². The Balaban J connectivity index is 2.23. The average molecular weight is 283 g/mol. The summed E-state index contributed by atoms with van der Waals surface area (Å²) in [6, 6.07) is 5.47. The van der Waals surface area contributed by atoms with Gasteiger partial charge in [-0.15, -0.1) is 0 Å². The molecule has 5 heteroatoms. The molecule has 0 unspecified atom stereocenters. The highest BCUT2D eigenvalue weighted by Gasteiger charge is 2.13. The van der Waals surface area contributed by atoms with E-state index in [0.29, 0.717) is 23.0 Å². The highest BCUT2D eigenvalue weighted by Crippen LogP contribution is 2.28. The Morgan fingerprint density at radius 1 is 1.33 bits per heavy atom. The van der Waals surface area contributed by atoms with Gasteiger partial charge in [0.2, 0.25) is 0 Å². The van der Waals surface area contributed by atoms with E-state index in [0.717, 1.165) is 11.8 Å². The zero-order valence-corrected chi connectivity index (χ0v) is 11.1. The number of aromatic nitrogens is 2. The third kappa shape index (κ3) is 3.12. The van der Waals surface area contributed by atoms with Crippen LogP contribution in [0, 0.1) is 0 Å². The molecule has 0 aliphatic carbocycles. The van der Waals surface area contributed by atoms with Crippen LogP contribution in [-0.2, 0) is 11.3 Å². The van der Waals surface area contributed by atoms with Crippen LogP contribution in [0.3, 0.4) is 0 Å². The maximum atomic E-state index is 10.8. The lowest BCUT2D eigenvalue weighted by atomic mass is 9.96. The van der Waals surface area contributed by atoms with Gasteiger partial charge in [-0.05, 0) is 17.7 Å². The summed E-state index contributed by atoms with van der Waals surface area (Å²) < 4.78 is 1.94. The molecule has 1 aromatic heterocycles. The number of imidazole rings is 1. The van der Waals surface area contributed by atoms with Crippen LogP contribution in [0.1, 0.15) is 17.9 Å². The van der Waals surface area contributed by atoms with Gasteiger partial charge in [-0.25, -0.2) is 4.98 Å².